The lowest BCUT2D eigenvalue weighted by molar-refractivity contribution is -0.141. The van der Waals surface area contributed by atoms with E-state index in [0.29, 0.717) is 16.4 Å². The number of rotatable bonds is 6. The maximum atomic E-state index is 13.0. The van der Waals surface area contributed by atoms with Crippen LogP contribution in [0.4, 0.5) is 13.2 Å². The molecule has 0 aromatic carbocycles. The van der Waals surface area contributed by atoms with Gasteiger partial charge in [0.1, 0.15) is 5.69 Å². The molecule has 0 aliphatic carbocycles. The molecule has 3 heterocycles. The van der Waals surface area contributed by atoms with Gasteiger partial charge < -0.3 is 10.1 Å². The average Bonchev–Trinajstić information content (AvgIpc) is 3.19. The van der Waals surface area contributed by atoms with Gasteiger partial charge in [0.25, 0.3) is 11.5 Å². The summed E-state index contributed by atoms with van der Waals surface area (Å²) in [6.45, 7) is 5.29. The molecule has 0 atom stereocenters. The van der Waals surface area contributed by atoms with Gasteiger partial charge in [0, 0.05) is 23.7 Å². The Hall–Kier alpha value is -2.89. The molecular weight excluding hydrogens is 411 g/mol. The monoisotopic (exact) mass is 429 g/mol. The molecule has 1 amide bonds. The van der Waals surface area contributed by atoms with Crippen molar-refractivity contribution in [3.8, 4) is 5.88 Å². The predicted octanol–water partition coefficient (Wildman–Crippen LogP) is 2.48. The first-order valence-corrected chi connectivity index (χ1v) is 9.55. The SMILES string of the molecule is CCNC(=O)c1c(C)sc2ncc(Cn3nc(C(F)(F)F)cc3OCC)c(=O)n12. The van der Waals surface area contributed by atoms with Crippen LogP contribution in [0.2, 0.25) is 0 Å². The molecule has 0 radical (unpaired) electrons. The summed E-state index contributed by atoms with van der Waals surface area (Å²) >= 11 is 1.18. The Bertz CT molecular complexity index is 1120. The lowest BCUT2D eigenvalue weighted by Crippen LogP contribution is -2.30. The summed E-state index contributed by atoms with van der Waals surface area (Å²) < 4.78 is 46.4. The van der Waals surface area contributed by atoms with E-state index in [4.69, 9.17) is 4.74 Å². The van der Waals surface area contributed by atoms with E-state index in [0.717, 1.165) is 10.7 Å². The lowest BCUT2D eigenvalue weighted by Gasteiger charge is -2.08. The molecule has 0 saturated carbocycles. The van der Waals surface area contributed by atoms with Crippen molar-refractivity contribution in [2.75, 3.05) is 13.2 Å². The zero-order valence-electron chi connectivity index (χ0n) is 15.8. The number of hydrogen-bond acceptors (Lipinski definition) is 6. The number of amides is 1. The third kappa shape index (κ3) is 3.97. The number of thiazole rings is 1. The fourth-order valence-corrected chi connectivity index (χ4v) is 3.70. The molecule has 0 saturated heterocycles. The Morgan fingerprint density at radius 2 is 2.07 bits per heavy atom. The molecule has 1 N–H and O–H groups in total. The number of fused-ring (bicyclic) bond motifs is 1. The van der Waals surface area contributed by atoms with Crippen molar-refractivity contribution in [3.05, 3.63) is 44.4 Å². The smallest absolute Gasteiger partial charge is 0.435 e. The van der Waals surface area contributed by atoms with E-state index in [1.807, 2.05) is 0 Å². The molecule has 29 heavy (non-hydrogen) atoms. The molecule has 0 fully saturated rings. The number of hydrogen-bond donors (Lipinski definition) is 1. The van der Waals surface area contributed by atoms with Gasteiger partial charge in [0.15, 0.2) is 10.7 Å². The Morgan fingerprint density at radius 3 is 2.69 bits per heavy atom. The quantitative estimate of drug-likeness (QED) is 0.650. The second-order valence-electron chi connectivity index (χ2n) is 6.03. The number of carbonyl (C=O) groups is 1. The lowest BCUT2D eigenvalue weighted by atomic mass is 10.3. The second-order valence-corrected chi connectivity index (χ2v) is 7.21. The van der Waals surface area contributed by atoms with E-state index in [1.54, 1.807) is 20.8 Å². The van der Waals surface area contributed by atoms with Gasteiger partial charge in [-0.3, -0.25) is 9.59 Å². The highest BCUT2D eigenvalue weighted by Gasteiger charge is 2.35. The van der Waals surface area contributed by atoms with Crippen molar-refractivity contribution in [1.82, 2.24) is 24.5 Å². The molecule has 3 rings (SSSR count). The maximum Gasteiger partial charge on any atom is 0.435 e. The Balaban J connectivity index is 2.09. The summed E-state index contributed by atoms with van der Waals surface area (Å²) in [5.74, 6) is -0.541. The summed E-state index contributed by atoms with van der Waals surface area (Å²) in [6, 6.07) is 0.780. The third-order valence-electron chi connectivity index (χ3n) is 4.00. The molecule has 12 heteroatoms. The van der Waals surface area contributed by atoms with Crippen molar-refractivity contribution in [2.45, 2.75) is 33.5 Å². The van der Waals surface area contributed by atoms with Crippen molar-refractivity contribution in [2.24, 2.45) is 0 Å². The van der Waals surface area contributed by atoms with Crippen LogP contribution in [0, 0.1) is 6.92 Å². The van der Waals surface area contributed by atoms with Crippen LogP contribution in [-0.2, 0) is 12.7 Å². The second kappa shape index (κ2) is 7.85. The number of aromatic nitrogens is 4. The number of alkyl halides is 3. The predicted molar refractivity (Wildman–Crippen MR) is 99.6 cm³/mol. The average molecular weight is 429 g/mol. The fourth-order valence-electron chi connectivity index (χ4n) is 2.78. The van der Waals surface area contributed by atoms with Crippen LogP contribution in [0.25, 0.3) is 4.96 Å². The van der Waals surface area contributed by atoms with Crippen molar-refractivity contribution >= 4 is 22.2 Å². The first-order valence-electron chi connectivity index (χ1n) is 8.73. The number of nitrogens with one attached hydrogen (secondary N) is 1. The Labute approximate surface area is 166 Å². The largest absolute Gasteiger partial charge is 0.478 e. The minimum Gasteiger partial charge on any atom is -0.478 e. The number of ether oxygens (including phenoxy) is 1. The van der Waals surface area contributed by atoms with Crippen LogP contribution in [0.15, 0.2) is 17.1 Å². The van der Waals surface area contributed by atoms with E-state index in [-0.39, 0.29) is 30.3 Å². The van der Waals surface area contributed by atoms with E-state index in [2.05, 4.69) is 15.4 Å². The maximum absolute atomic E-state index is 13.0. The summed E-state index contributed by atoms with van der Waals surface area (Å²) in [7, 11) is 0. The molecule has 0 aliphatic heterocycles. The van der Waals surface area contributed by atoms with Crippen molar-refractivity contribution < 1.29 is 22.7 Å². The van der Waals surface area contributed by atoms with Crippen LogP contribution in [-0.4, -0.2) is 38.2 Å². The summed E-state index contributed by atoms with van der Waals surface area (Å²) in [6.07, 6.45) is -3.37. The van der Waals surface area contributed by atoms with Gasteiger partial charge in [-0.05, 0) is 20.8 Å². The third-order valence-corrected chi connectivity index (χ3v) is 4.97. The van der Waals surface area contributed by atoms with E-state index >= 15 is 0 Å². The minimum atomic E-state index is -4.65. The normalized spacial score (nSPS) is 11.8. The van der Waals surface area contributed by atoms with Gasteiger partial charge in [-0.2, -0.15) is 18.3 Å². The molecule has 3 aromatic heterocycles. The molecule has 8 nitrogen and oxygen atoms in total. The molecule has 156 valence electrons. The van der Waals surface area contributed by atoms with Gasteiger partial charge in [-0.25, -0.2) is 14.1 Å². The van der Waals surface area contributed by atoms with E-state index < -0.39 is 23.3 Å². The number of aryl methyl sites for hydroxylation is 1. The molecule has 3 aromatic rings. The minimum absolute atomic E-state index is 0.0728. The highest BCUT2D eigenvalue weighted by atomic mass is 32.1. The standard InChI is InChI=1S/C17H18F3N5O3S/c1-4-21-14(26)13-9(3)29-16-22-7-10(15(27)25(13)16)8-24-12(28-5-2)6-11(23-24)17(18,19)20/h6-7H,4-5,8H2,1-3H3,(H,21,26). The Morgan fingerprint density at radius 1 is 1.34 bits per heavy atom. The molecule has 0 unspecified atom stereocenters. The number of halogens is 3. The fraction of sp³-hybridized carbons (Fsp3) is 0.412. The van der Waals surface area contributed by atoms with Crippen molar-refractivity contribution in [1.29, 1.82) is 0 Å². The zero-order chi connectivity index (χ0) is 21.3. The highest BCUT2D eigenvalue weighted by Crippen LogP contribution is 2.31. The van der Waals surface area contributed by atoms with Crippen LogP contribution < -0.4 is 15.6 Å². The van der Waals surface area contributed by atoms with Crippen LogP contribution in [0.3, 0.4) is 0 Å². The van der Waals surface area contributed by atoms with Gasteiger partial charge >= 0.3 is 6.18 Å². The molecule has 0 spiro atoms. The van der Waals surface area contributed by atoms with E-state index in [1.165, 1.54) is 21.9 Å². The van der Waals surface area contributed by atoms with E-state index in [9.17, 15) is 22.8 Å². The first-order chi connectivity index (χ1) is 13.7. The first kappa shape index (κ1) is 20.8. The van der Waals surface area contributed by atoms with Crippen LogP contribution in [0.1, 0.15) is 40.5 Å². The Kier molecular flexibility index (Phi) is 5.64. The van der Waals surface area contributed by atoms with Gasteiger partial charge in [0.2, 0.25) is 5.88 Å². The summed E-state index contributed by atoms with van der Waals surface area (Å²) in [5, 5.41) is 6.16. The van der Waals surface area contributed by atoms with Gasteiger partial charge in [0.05, 0.1) is 18.7 Å². The number of nitrogens with zero attached hydrogens (tertiary/aromatic N) is 4. The molecule has 0 aliphatic rings. The molecule has 0 bridgehead atoms. The summed E-state index contributed by atoms with van der Waals surface area (Å²) in [4.78, 5) is 30.5. The zero-order valence-corrected chi connectivity index (χ0v) is 16.6. The highest BCUT2D eigenvalue weighted by molar-refractivity contribution is 7.17. The summed E-state index contributed by atoms with van der Waals surface area (Å²) in [5.41, 5.74) is -1.44. The van der Waals surface area contributed by atoms with Crippen LogP contribution >= 0.6 is 11.3 Å². The van der Waals surface area contributed by atoms with Crippen molar-refractivity contribution in [3.63, 3.8) is 0 Å². The van der Waals surface area contributed by atoms with Gasteiger partial charge in [-0.15, -0.1) is 11.3 Å². The number of carbonyl (C=O) groups excluding carboxylic acids is 1. The molecular formula is C17H18F3N5O3S. The van der Waals surface area contributed by atoms with Crippen LogP contribution in [0.5, 0.6) is 5.88 Å². The topological polar surface area (TPSA) is 90.5 Å². The van der Waals surface area contributed by atoms with Gasteiger partial charge in [-0.1, -0.05) is 0 Å².